The molecule has 2 aromatic rings. The van der Waals surface area contributed by atoms with Gasteiger partial charge in [0.1, 0.15) is 5.69 Å². The molecule has 1 N–H and O–H groups in total. The molecular formula is C13H17N3S. The molecule has 1 heterocycles. The molecule has 0 bridgehead atoms. The van der Waals surface area contributed by atoms with Crippen molar-refractivity contribution in [2.75, 3.05) is 6.54 Å². The molecule has 90 valence electrons. The Kier molecular flexibility index (Phi) is 3.86. The Bertz CT molecular complexity index is 505. The fourth-order valence-corrected chi connectivity index (χ4v) is 2.30. The van der Waals surface area contributed by atoms with E-state index in [9.17, 15) is 0 Å². The van der Waals surface area contributed by atoms with Crippen LogP contribution in [0.3, 0.4) is 0 Å². The molecule has 1 aromatic carbocycles. The second-order valence-electron chi connectivity index (χ2n) is 4.12. The van der Waals surface area contributed by atoms with Gasteiger partial charge >= 0.3 is 0 Å². The molecule has 3 nitrogen and oxygen atoms in total. The monoisotopic (exact) mass is 247 g/mol. The van der Waals surface area contributed by atoms with Crippen LogP contribution in [0.2, 0.25) is 0 Å². The van der Waals surface area contributed by atoms with E-state index < -0.39 is 0 Å². The molecule has 0 fully saturated rings. The van der Waals surface area contributed by atoms with Crippen LogP contribution in [0, 0.1) is 13.8 Å². The summed E-state index contributed by atoms with van der Waals surface area (Å²) in [6.07, 6.45) is 0. The van der Waals surface area contributed by atoms with Crippen LogP contribution < -0.4 is 5.32 Å². The van der Waals surface area contributed by atoms with Gasteiger partial charge in [0.25, 0.3) is 0 Å². The van der Waals surface area contributed by atoms with E-state index in [1.165, 1.54) is 27.5 Å². The molecule has 0 aliphatic heterocycles. The maximum Gasteiger partial charge on any atom is 0.110 e. The minimum absolute atomic E-state index is 0.844. The number of hydrogen-bond acceptors (Lipinski definition) is 4. The highest BCUT2D eigenvalue weighted by atomic mass is 32.1. The largest absolute Gasteiger partial charge is 0.312 e. The zero-order chi connectivity index (χ0) is 12.3. The molecule has 0 saturated heterocycles. The highest BCUT2D eigenvalue weighted by Gasteiger charge is 2.10. The van der Waals surface area contributed by atoms with Gasteiger partial charge in [-0.2, -0.15) is 0 Å². The van der Waals surface area contributed by atoms with Gasteiger partial charge in [-0.25, -0.2) is 0 Å². The summed E-state index contributed by atoms with van der Waals surface area (Å²) >= 11 is 1.47. The van der Waals surface area contributed by atoms with Crippen LogP contribution >= 0.6 is 11.5 Å². The first-order chi connectivity index (χ1) is 8.22. The molecule has 2 rings (SSSR count). The number of nitrogens with one attached hydrogen (secondary N) is 1. The fourth-order valence-electron chi connectivity index (χ4n) is 1.67. The van der Waals surface area contributed by atoms with E-state index in [0.29, 0.717) is 0 Å². The Balaban J connectivity index is 2.32. The second kappa shape index (κ2) is 5.38. The van der Waals surface area contributed by atoms with Crippen molar-refractivity contribution in [3.8, 4) is 11.3 Å². The number of aromatic nitrogens is 2. The highest BCUT2D eigenvalue weighted by Crippen LogP contribution is 2.25. The van der Waals surface area contributed by atoms with Crippen molar-refractivity contribution in [3.05, 3.63) is 34.2 Å². The molecular weight excluding hydrogens is 230 g/mol. The molecule has 17 heavy (non-hydrogen) atoms. The van der Waals surface area contributed by atoms with Crippen molar-refractivity contribution < 1.29 is 0 Å². The maximum atomic E-state index is 4.24. The topological polar surface area (TPSA) is 37.8 Å². The van der Waals surface area contributed by atoms with Crippen molar-refractivity contribution in [3.63, 3.8) is 0 Å². The smallest absolute Gasteiger partial charge is 0.110 e. The zero-order valence-electron chi connectivity index (χ0n) is 10.4. The first kappa shape index (κ1) is 12.2. The minimum Gasteiger partial charge on any atom is -0.312 e. The van der Waals surface area contributed by atoms with Crippen molar-refractivity contribution in [2.45, 2.75) is 27.3 Å². The molecule has 0 spiro atoms. The van der Waals surface area contributed by atoms with Crippen LogP contribution in [0.4, 0.5) is 0 Å². The summed E-state index contributed by atoms with van der Waals surface area (Å²) in [5, 5.41) is 7.56. The highest BCUT2D eigenvalue weighted by molar-refractivity contribution is 7.05. The van der Waals surface area contributed by atoms with E-state index in [0.717, 1.165) is 24.3 Å². The zero-order valence-corrected chi connectivity index (χ0v) is 11.3. The van der Waals surface area contributed by atoms with Gasteiger partial charge in [-0.15, -0.1) is 5.10 Å². The summed E-state index contributed by atoms with van der Waals surface area (Å²) in [6, 6.07) is 6.44. The first-order valence-electron chi connectivity index (χ1n) is 5.82. The molecule has 1 aromatic heterocycles. The lowest BCUT2D eigenvalue weighted by Gasteiger charge is -2.05. The Morgan fingerprint density at radius 3 is 2.76 bits per heavy atom. The maximum absolute atomic E-state index is 4.24. The van der Waals surface area contributed by atoms with Crippen LogP contribution in [-0.2, 0) is 6.54 Å². The molecule has 0 amide bonds. The van der Waals surface area contributed by atoms with Gasteiger partial charge in [-0.1, -0.05) is 23.5 Å². The molecule has 0 atom stereocenters. The standard InChI is InChI=1S/C13H17N3S/c1-4-14-8-12-13(15-16-17-12)11-6-5-9(2)10(3)7-11/h5-7,14H,4,8H2,1-3H3. The lowest BCUT2D eigenvalue weighted by Crippen LogP contribution is -2.11. The van der Waals surface area contributed by atoms with E-state index in [2.05, 4.69) is 53.9 Å². The van der Waals surface area contributed by atoms with Gasteiger partial charge in [-0.3, -0.25) is 0 Å². The third-order valence-corrected chi connectivity index (χ3v) is 3.59. The number of rotatable bonds is 4. The van der Waals surface area contributed by atoms with Gasteiger partial charge in [0, 0.05) is 12.1 Å². The average Bonchev–Trinajstić information content (AvgIpc) is 2.78. The minimum atomic E-state index is 0.844. The van der Waals surface area contributed by atoms with Crippen LogP contribution in [-0.4, -0.2) is 16.1 Å². The van der Waals surface area contributed by atoms with Gasteiger partial charge in [-0.05, 0) is 49.1 Å². The third-order valence-electron chi connectivity index (χ3n) is 2.87. The van der Waals surface area contributed by atoms with Gasteiger partial charge in [0.15, 0.2) is 0 Å². The van der Waals surface area contributed by atoms with Crippen LogP contribution in [0.15, 0.2) is 18.2 Å². The number of benzene rings is 1. The number of nitrogens with zero attached hydrogens (tertiary/aromatic N) is 2. The van der Waals surface area contributed by atoms with Crippen molar-refractivity contribution in [2.24, 2.45) is 0 Å². The fraction of sp³-hybridized carbons (Fsp3) is 0.385. The average molecular weight is 247 g/mol. The van der Waals surface area contributed by atoms with Crippen molar-refractivity contribution in [1.29, 1.82) is 0 Å². The van der Waals surface area contributed by atoms with E-state index in [1.807, 2.05) is 0 Å². The molecule has 0 unspecified atom stereocenters. The molecule has 0 aliphatic carbocycles. The van der Waals surface area contributed by atoms with E-state index in [4.69, 9.17) is 0 Å². The van der Waals surface area contributed by atoms with Gasteiger partial charge in [0.05, 0.1) is 4.88 Å². The van der Waals surface area contributed by atoms with Crippen LogP contribution in [0.25, 0.3) is 11.3 Å². The summed E-state index contributed by atoms with van der Waals surface area (Å²) in [5.74, 6) is 0. The SMILES string of the molecule is CCNCc1snnc1-c1ccc(C)c(C)c1. The third kappa shape index (κ3) is 2.70. The van der Waals surface area contributed by atoms with Crippen molar-refractivity contribution in [1.82, 2.24) is 14.9 Å². The number of aryl methyl sites for hydroxylation is 2. The van der Waals surface area contributed by atoms with Gasteiger partial charge < -0.3 is 5.32 Å². The normalized spacial score (nSPS) is 10.8. The molecule has 0 radical (unpaired) electrons. The van der Waals surface area contributed by atoms with Gasteiger partial charge in [0.2, 0.25) is 0 Å². The predicted octanol–water partition coefficient (Wildman–Crippen LogP) is 2.93. The predicted molar refractivity (Wildman–Crippen MR) is 72.2 cm³/mol. The number of hydrogen-bond donors (Lipinski definition) is 1. The molecule has 0 aliphatic rings. The van der Waals surface area contributed by atoms with E-state index in [1.54, 1.807) is 0 Å². The summed E-state index contributed by atoms with van der Waals surface area (Å²) in [7, 11) is 0. The van der Waals surface area contributed by atoms with Crippen LogP contribution in [0.5, 0.6) is 0 Å². The summed E-state index contributed by atoms with van der Waals surface area (Å²) < 4.78 is 4.06. The lowest BCUT2D eigenvalue weighted by atomic mass is 10.0. The Morgan fingerprint density at radius 1 is 1.24 bits per heavy atom. The quantitative estimate of drug-likeness (QED) is 0.902. The molecule has 4 heteroatoms. The Morgan fingerprint density at radius 2 is 2.06 bits per heavy atom. The van der Waals surface area contributed by atoms with E-state index in [-0.39, 0.29) is 0 Å². The molecule has 0 saturated carbocycles. The van der Waals surface area contributed by atoms with Crippen molar-refractivity contribution >= 4 is 11.5 Å². The summed E-state index contributed by atoms with van der Waals surface area (Å²) in [4.78, 5) is 1.20. The lowest BCUT2D eigenvalue weighted by molar-refractivity contribution is 0.735. The second-order valence-corrected chi connectivity index (χ2v) is 4.96. The summed E-state index contributed by atoms with van der Waals surface area (Å²) in [6.45, 7) is 8.16. The Labute approximate surface area is 106 Å². The van der Waals surface area contributed by atoms with Crippen LogP contribution in [0.1, 0.15) is 22.9 Å². The van der Waals surface area contributed by atoms with E-state index >= 15 is 0 Å². The Hall–Kier alpha value is -1.26. The summed E-state index contributed by atoms with van der Waals surface area (Å²) in [5.41, 5.74) is 4.78. The first-order valence-corrected chi connectivity index (χ1v) is 6.59.